The first-order valence-electron chi connectivity index (χ1n) is 3.32. The van der Waals surface area contributed by atoms with Crippen LogP contribution in [0.5, 0.6) is 5.75 Å². The quantitative estimate of drug-likeness (QED) is 0.702. The van der Waals surface area contributed by atoms with Crippen LogP contribution in [0.25, 0.3) is 0 Å². The van der Waals surface area contributed by atoms with Gasteiger partial charge in [-0.05, 0) is 24.6 Å². The molecular formula is C8H9Cl2OZn. The third-order valence-corrected chi connectivity index (χ3v) is 1.13. The number of halogens is 2. The van der Waals surface area contributed by atoms with E-state index in [0.717, 1.165) is 11.3 Å². The van der Waals surface area contributed by atoms with Crippen molar-refractivity contribution in [1.82, 2.24) is 0 Å². The predicted octanol–water partition coefficient (Wildman–Crippen LogP) is 3.25. The Morgan fingerprint density at radius 1 is 1.42 bits per heavy atom. The van der Waals surface area contributed by atoms with E-state index in [9.17, 15) is 0 Å². The maximum atomic E-state index is 4.96. The molecule has 1 radical (unpaired) electrons. The first kappa shape index (κ1) is 12.2. The summed E-state index contributed by atoms with van der Waals surface area (Å²) in [6, 6.07) is 7.64. The Kier molecular flexibility index (Phi) is 8.00. The van der Waals surface area contributed by atoms with Gasteiger partial charge in [-0.3, -0.25) is 0 Å². The average Bonchev–Trinajstić information content (AvgIpc) is 2.06. The van der Waals surface area contributed by atoms with Crippen LogP contribution in [-0.4, -0.2) is 7.11 Å². The van der Waals surface area contributed by atoms with Crippen molar-refractivity contribution >= 4 is 19.4 Å². The van der Waals surface area contributed by atoms with E-state index in [1.807, 2.05) is 24.3 Å². The third-order valence-electron chi connectivity index (χ3n) is 1.13. The fourth-order valence-electron chi connectivity index (χ4n) is 0.672. The van der Waals surface area contributed by atoms with Gasteiger partial charge in [0.1, 0.15) is 5.75 Å². The second-order valence-electron chi connectivity index (χ2n) is 1.95. The molecule has 1 aromatic carbocycles. The van der Waals surface area contributed by atoms with Gasteiger partial charge < -0.3 is 4.74 Å². The van der Waals surface area contributed by atoms with Gasteiger partial charge in [0.25, 0.3) is 0 Å². The van der Waals surface area contributed by atoms with Crippen molar-refractivity contribution in [2.24, 2.45) is 0 Å². The molecule has 0 saturated heterocycles. The normalized spacial score (nSPS) is 7.67. The Balaban J connectivity index is 0.000000354. The van der Waals surface area contributed by atoms with Crippen molar-refractivity contribution in [1.29, 1.82) is 0 Å². The second kappa shape index (κ2) is 7.85. The summed E-state index contributed by atoms with van der Waals surface area (Å²) in [6.07, 6.45) is 0. The van der Waals surface area contributed by atoms with Crippen LogP contribution in [-0.2, 0) is 15.1 Å². The Labute approximate surface area is 88.7 Å². The number of ether oxygens (including phenoxy) is 1. The van der Waals surface area contributed by atoms with Crippen molar-refractivity contribution < 1.29 is 19.9 Å². The number of hydrogen-bond donors (Lipinski definition) is 0. The molecule has 4 heteroatoms. The molecule has 0 fully saturated rings. The van der Waals surface area contributed by atoms with Crippen LogP contribution in [0.3, 0.4) is 0 Å². The van der Waals surface area contributed by atoms with Crippen molar-refractivity contribution in [3.8, 4) is 5.75 Å². The van der Waals surface area contributed by atoms with Crippen LogP contribution in [0, 0.1) is 6.92 Å². The van der Waals surface area contributed by atoms with E-state index in [2.05, 4.69) is 6.92 Å². The summed E-state index contributed by atoms with van der Waals surface area (Å²) in [7, 11) is 11.6. The van der Waals surface area contributed by atoms with Crippen LogP contribution in [0.1, 0.15) is 5.56 Å². The summed E-state index contributed by atoms with van der Waals surface area (Å²) < 4.78 is 4.96. The van der Waals surface area contributed by atoms with Crippen molar-refractivity contribution in [3.05, 3.63) is 36.8 Å². The van der Waals surface area contributed by atoms with E-state index >= 15 is 0 Å². The number of methoxy groups -OCH3 is 1. The molecule has 0 unspecified atom stereocenters. The van der Waals surface area contributed by atoms with Crippen molar-refractivity contribution in [3.63, 3.8) is 0 Å². The molecule has 12 heavy (non-hydrogen) atoms. The van der Waals surface area contributed by atoms with Gasteiger partial charge in [0.05, 0.1) is 7.11 Å². The molecule has 0 aliphatic rings. The zero-order valence-electron chi connectivity index (χ0n) is 6.89. The summed E-state index contributed by atoms with van der Waals surface area (Å²) in [6.45, 7) is 3.75. The molecule has 0 N–H and O–H groups in total. The van der Waals surface area contributed by atoms with Gasteiger partial charge in [0.2, 0.25) is 0 Å². The summed E-state index contributed by atoms with van der Waals surface area (Å²) >= 11 is -0.931. The van der Waals surface area contributed by atoms with E-state index in [-0.39, 0.29) is 0 Å². The van der Waals surface area contributed by atoms with Gasteiger partial charge in [-0.2, -0.15) is 0 Å². The summed E-state index contributed by atoms with van der Waals surface area (Å²) in [5, 5.41) is 0. The Morgan fingerprint density at radius 2 is 2.00 bits per heavy atom. The Bertz CT molecular complexity index is 218. The fourth-order valence-corrected chi connectivity index (χ4v) is 0.672. The molecule has 0 saturated carbocycles. The zero-order valence-corrected chi connectivity index (χ0v) is 11.4. The number of benzene rings is 1. The zero-order chi connectivity index (χ0) is 9.40. The van der Waals surface area contributed by atoms with Gasteiger partial charge in [-0.25, -0.2) is 0 Å². The maximum absolute atomic E-state index is 4.96. The first-order valence-corrected chi connectivity index (χ1v) is 11.1. The van der Waals surface area contributed by atoms with Crippen molar-refractivity contribution in [2.45, 2.75) is 0 Å². The molecule has 0 heterocycles. The molecule has 0 atom stereocenters. The minimum atomic E-state index is -0.931. The Morgan fingerprint density at radius 3 is 2.33 bits per heavy atom. The number of rotatable bonds is 1. The molecule has 0 spiro atoms. The van der Waals surface area contributed by atoms with Crippen LogP contribution in [0.4, 0.5) is 0 Å². The van der Waals surface area contributed by atoms with E-state index in [4.69, 9.17) is 24.1 Å². The van der Waals surface area contributed by atoms with Crippen molar-refractivity contribution in [2.75, 3.05) is 7.11 Å². The van der Waals surface area contributed by atoms with E-state index in [1.54, 1.807) is 7.11 Å². The SMILES string of the molecule is [CH2]c1cccc(OC)c1.[Cl][Zn][Cl]. The summed E-state index contributed by atoms with van der Waals surface area (Å²) in [5.41, 5.74) is 0.981. The van der Waals surface area contributed by atoms with Gasteiger partial charge in [-0.15, -0.1) is 0 Å². The van der Waals surface area contributed by atoms with E-state index in [0.29, 0.717) is 0 Å². The van der Waals surface area contributed by atoms with E-state index < -0.39 is 15.1 Å². The number of hydrogen-bond acceptors (Lipinski definition) is 1. The van der Waals surface area contributed by atoms with Crippen LogP contribution < -0.4 is 4.74 Å². The first-order chi connectivity index (χ1) is 5.74. The van der Waals surface area contributed by atoms with E-state index in [1.165, 1.54) is 0 Å². The summed E-state index contributed by atoms with van der Waals surface area (Å²) in [4.78, 5) is 0. The topological polar surface area (TPSA) is 9.23 Å². The van der Waals surface area contributed by atoms with Gasteiger partial charge in [-0.1, -0.05) is 12.1 Å². The van der Waals surface area contributed by atoms with Gasteiger partial charge in [0.15, 0.2) is 0 Å². The molecule has 1 nitrogen and oxygen atoms in total. The van der Waals surface area contributed by atoms with Crippen LogP contribution >= 0.6 is 19.4 Å². The average molecular weight is 257 g/mol. The van der Waals surface area contributed by atoms with Crippen LogP contribution in [0.2, 0.25) is 0 Å². The second-order valence-corrected chi connectivity index (χ2v) is 6.58. The molecule has 0 aliphatic heterocycles. The summed E-state index contributed by atoms with van der Waals surface area (Å²) in [5.74, 6) is 0.863. The predicted molar refractivity (Wildman–Crippen MR) is 49.2 cm³/mol. The molecular weight excluding hydrogens is 248 g/mol. The van der Waals surface area contributed by atoms with Crippen LogP contribution in [0.15, 0.2) is 24.3 Å². The third kappa shape index (κ3) is 5.82. The molecule has 1 rings (SSSR count). The molecule has 0 bridgehead atoms. The molecule has 63 valence electrons. The monoisotopic (exact) mass is 255 g/mol. The molecule has 0 amide bonds. The Hall–Kier alpha value is 0.223. The molecule has 0 aromatic heterocycles. The molecule has 0 aliphatic carbocycles. The molecule has 1 aromatic rings. The minimum absolute atomic E-state index is 0.863. The fraction of sp³-hybridized carbons (Fsp3) is 0.125. The van der Waals surface area contributed by atoms with Gasteiger partial charge in [0, 0.05) is 0 Å². The van der Waals surface area contributed by atoms with Gasteiger partial charge >= 0.3 is 34.5 Å². The standard InChI is InChI=1S/C8H9O.2ClH.Zn/c1-7-4-3-5-8(6-7)9-2;;;/h3-6H,1H2,2H3;2*1H;/q;;;+2/p-2.